The smallest absolute Gasteiger partial charge is 0.389 e. The lowest BCUT2D eigenvalue weighted by Crippen LogP contribution is -2.39. The third-order valence-electron chi connectivity index (χ3n) is 2.27. The molecule has 3 N–H and O–H groups in total. The summed E-state index contributed by atoms with van der Waals surface area (Å²) in [5.41, 5.74) is 4.31. The van der Waals surface area contributed by atoms with Gasteiger partial charge in [0.1, 0.15) is 11.6 Å². The van der Waals surface area contributed by atoms with Crippen molar-refractivity contribution in [1.82, 2.24) is 9.97 Å². The van der Waals surface area contributed by atoms with Crippen LogP contribution in [0.5, 0.6) is 0 Å². The van der Waals surface area contributed by atoms with Crippen LogP contribution in [0.1, 0.15) is 26.6 Å². The molecule has 0 saturated carbocycles. The lowest BCUT2D eigenvalue weighted by atomic mass is 10.1. The maximum Gasteiger partial charge on any atom is 0.451 e. The van der Waals surface area contributed by atoms with Crippen LogP contribution in [0.4, 0.5) is 24.8 Å². The van der Waals surface area contributed by atoms with Crippen LogP contribution >= 0.6 is 0 Å². The van der Waals surface area contributed by atoms with E-state index in [9.17, 15) is 18.3 Å². The molecule has 0 amide bonds. The maximum absolute atomic E-state index is 12.6. The Labute approximate surface area is 109 Å². The Morgan fingerprint density at radius 2 is 1.89 bits per heavy atom. The van der Waals surface area contributed by atoms with E-state index in [1.165, 1.54) is 11.0 Å². The van der Waals surface area contributed by atoms with Gasteiger partial charge in [-0.2, -0.15) is 13.2 Å². The van der Waals surface area contributed by atoms with Crippen LogP contribution < -0.4 is 10.6 Å². The maximum atomic E-state index is 12.6. The first-order chi connectivity index (χ1) is 8.53. The molecule has 0 fully saturated rings. The molecule has 0 aromatic carbocycles. The van der Waals surface area contributed by atoms with E-state index in [0.717, 1.165) is 0 Å². The van der Waals surface area contributed by atoms with Crippen LogP contribution in [-0.2, 0) is 6.18 Å². The van der Waals surface area contributed by atoms with Gasteiger partial charge in [-0.3, -0.25) is 0 Å². The van der Waals surface area contributed by atoms with Crippen molar-refractivity contribution in [3.8, 4) is 0 Å². The van der Waals surface area contributed by atoms with Gasteiger partial charge in [0.15, 0.2) is 0 Å². The molecule has 1 heterocycles. The number of nitrogens with zero attached hydrogens (tertiary/aromatic N) is 3. The number of nitrogen functional groups attached to an aromatic ring is 1. The van der Waals surface area contributed by atoms with Gasteiger partial charge in [-0.1, -0.05) is 0 Å². The van der Waals surface area contributed by atoms with Crippen molar-refractivity contribution in [3.63, 3.8) is 0 Å². The Kier molecular flexibility index (Phi) is 4.24. The second-order valence-electron chi connectivity index (χ2n) is 4.80. The summed E-state index contributed by atoms with van der Waals surface area (Å²) in [7, 11) is 0. The molecule has 0 aliphatic carbocycles. The Morgan fingerprint density at radius 3 is 2.32 bits per heavy atom. The SMILES string of the molecule is CCN(CC(C)(C)O)c1cc(N)nc(C(F)(F)F)n1. The van der Waals surface area contributed by atoms with E-state index < -0.39 is 17.6 Å². The molecule has 1 aromatic heterocycles. The summed E-state index contributed by atoms with van der Waals surface area (Å²) >= 11 is 0. The zero-order valence-electron chi connectivity index (χ0n) is 11.0. The van der Waals surface area contributed by atoms with E-state index in [4.69, 9.17) is 5.73 Å². The molecule has 5 nitrogen and oxygen atoms in total. The monoisotopic (exact) mass is 278 g/mol. The first kappa shape index (κ1) is 15.5. The first-order valence-corrected chi connectivity index (χ1v) is 5.72. The van der Waals surface area contributed by atoms with Crippen molar-refractivity contribution < 1.29 is 18.3 Å². The van der Waals surface area contributed by atoms with Gasteiger partial charge in [0, 0.05) is 19.2 Å². The molecule has 19 heavy (non-hydrogen) atoms. The van der Waals surface area contributed by atoms with Crippen molar-refractivity contribution in [1.29, 1.82) is 0 Å². The molecule has 0 atom stereocenters. The third kappa shape index (κ3) is 4.55. The quantitative estimate of drug-likeness (QED) is 0.876. The molecule has 8 heteroatoms. The highest BCUT2D eigenvalue weighted by molar-refractivity contribution is 5.47. The van der Waals surface area contributed by atoms with Crippen LogP contribution in [-0.4, -0.2) is 33.8 Å². The fourth-order valence-electron chi connectivity index (χ4n) is 1.56. The Hall–Kier alpha value is -1.57. The van der Waals surface area contributed by atoms with Gasteiger partial charge >= 0.3 is 6.18 Å². The fraction of sp³-hybridized carbons (Fsp3) is 0.636. The number of aliphatic hydroxyl groups is 1. The number of hydrogen-bond donors (Lipinski definition) is 2. The number of nitrogens with two attached hydrogens (primary N) is 1. The molecule has 1 aromatic rings. The second-order valence-corrected chi connectivity index (χ2v) is 4.80. The zero-order chi connectivity index (χ0) is 14.8. The minimum atomic E-state index is -4.65. The van der Waals surface area contributed by atoms with E-state index in [0.29, 0.717) is 6.54 Å². The summed E-state index contributed by atoms with van der Waals surface area (Å²) in [6, 6.07) is 1.25. The molecule has 0 bridgehead atoms. The summed E-state index contributed by atoms with van der Waals surface area (Å²) < 4.78 is 37.8. The normalized spacial score (nSPS) is 12.6. The largest absolute Gasteiger partial charge is 0.451 e. The highest BCUT2D eigenvalue weighted by Gasteiger charge is 2.35. The molecule has 0 spiro atoms. The second kappa shape index (κ2) is 5.20. The van der Waals surface area contributed by atoms with Gasteiger partial charge in [-0.05, 0) is 20.8 Å². The van der Waals surface area contributed by atoms with Crippen LogP contribution in [0.25, 0.3) is 0 Å². The highest BCUT2D eigenvalue weighted by Crippen LogP contribution is 2.28. The summed E-state index contributed by atoms with van der Waals surface area (Å²) in [5.74, 6) is -1.49. The fourth-order valence-corrected chi connectivity index (χ4v) is 1.56. The Morgan fingerprint density at radius 1 is 1.32 bits per heavy atom. The predicted octanol–water partition coefficient (Wildman–Crippen LogP) is 1.67. The van der Waals surface area contributed by atoms with Crippen molar-refractivity contribution in [2.24, 2.45) is 0 Å². The van der Waals surface area contributed by atoms with Gasteiger partial charge in [-0.15, -0.1) is 0 Å². The van der Waals surface area contributed by atoms with E-state index >= 15 is 0 Å². The van der Waals surface area contributed by atoms with Gasteiger partial charge in [-0.25, -0.2) is 9.97 Å². The van der Waals surface area contributed by atoms with Gasteiger partial charge < -0.3 is 15.7 Å². The van der Waals surface area contributed by atoms with E-state index in [1.807, 2.05) is 0 Å². The molecular formula is C11H17F3N4O. The van der Waals surface area contributed by atoms with E-state index in [-0.39, 0.29) is 18.2 Å². The van der Waals surface area contributed by atoms with E-state index in [2.05, 4.69) is 9.97 Å². The van der Waals surface area contributed by atoms with Crippen molar-refractivity contribution >= 4 is 11.6 Å². The number of likely N-dealkylation sites (N-methyl/N-ethyl adjacent to an activating group) is 1. The molecule has 108 valence electrons. The lowest BCUT2D eigenvalue weighted by Gasteiger charge is -2.29. The highest BCUT2D eigenvalue weighted by atomic mass is 19.4. The van der Waals surface area contributed by atoms with E-state index in [1.54, 1.807) is 20.8 Å². The Balaban J connectivity index is 3.14. The molecular weight excluding hydrogens is 261 g/mol. The summed E-state index contributed by atoms with van der Waals surface area (Å²) in [6.07, 6.45) is -4.65. The zero-order valence-corrected chi connectivity index (χ0v) is 11.0. The number of alkyl halides is 3. The van der Waals surface area contributed by atoms with Crippen LogP contribution in [0.2, 0.25) is 0 Å². The van der Waals surface area contributed by atoms with Crippen molar-refractivity contribution in [2.75, 3.05) is 23.7 Å². The summed E-state index contributed by atoms with van der Waals surface area (Å²) in [4.78, 5) is 8.14. The molecule has 0 saturated heterocycles. The molecule has 0 aliphatic heterocycles. The molecule has 0 radical (unpaired) electrons. The predicted molar refractivity (Wildman–Crippen MR) is 65.6 cm³/mol. The average Bonchev–Trinajstić information content (AvgIpc) is 2.22. The number of anilines is 2. The van der Waals surface area contributed by atoms with Gasteiger partial charge in [0.2, 0.25) is 5.82 Å². The Bertz CT molecular complexity index is 443. The number of aromatic nitrogens is 2. The topological polar surface area (TPSA) is 75.3 Å². The van der Waals surface area contributed by atoms with Gasteiger partial charge in [0.05, 0.1) is 5.60 Å². The standard InChI is InChI=1S/C11H17F3N4O/c1-4-18(6-10(2,3)19)8-5-7(15)16-9(17-8)11(12,13)14/h5,19H,4,6H2,1-3H3,(H2,15,16,17). The number of rotatable bonds is 4. The average molecular weight is 278 g/mol. The molecule has 0 unspecified atom stereocenters. The lowest BCUT2D eigenvalue weighted by molar-refractivity contribution is -0.144. The van der Waals surface area contributed by atoms with Crippen molar-refractivity contribution in [3.05, 3.63) is 11.9 Å². The number of halogens is 3. The third-order valence-corrected chi connectivity index (χ3v) is 2.27. The summed E-state index contributed by atoms with van der Waals surface area (Å²) in [5, 5.41) is 9.74. The van der Waals surface area contributed by atoms with Crippen LogP contribution in [0, 0.1) is 0 Å². The van der Waals surface area contributed by atoms with Gasteiger partial charge in [0.25, 0.3) is 0 Å². The first-order valence-electron chi connectivity index (χ1n) is 5.72. The van der Waals surface area contributed by atoms with Crippen LogP contribution in [0.3, 0.4) is 0 Å². The summed E-state index contributed by atoms with van der Waals surface area (Å²) in [6.45, 7) is 5.39. The number of hydrogen-bond acceptors (Lipinski definition) is 5. The minimum Gasteiger partial charge on any atom is -0.389 e. The van der Waals surface area contributed by atoms with Crippen LogP contribution in [0.15, 0.2) is 6.07 Å². The van der Waals surface area contributed by atoms with Crippen molar-refractivity contribution in [2.45, 2.75) is 32.5 Å². The molecule has 1 rings (SSSR count). The molecule has 0 aliphatic rings. The minimum absolute atomic E-state index is 0.0458.